The highest BCUT2D eigenvalue weighted by Crippen LogP contribution is 2.42. The SMILES string of the molecule is Cc1ccc([C@@H]2[C@H](c3ccccn3)NC(=S)N2C2CCCC2)n1C. The molecular formula is C19H24N4S. The fourth-order valence-corrected chi connectivity index (χ4v) is 4.58. The minimum absolute atomic E-state index is 0.104. The molecular weight excluding hydrogens is 316 g/mol. The summed E-state index contributed by atoms with van der Waals surface area (Å²) in [6.07, 6.45) is 6.94. The van der Waals surface area contributed by atoms with Crippen molar-refractivity contribution in [2.24, 2.45) is 7.05 Å². The molecule has 1 aliphatic heterocycles. The number of hydrogen-bond acceptors (Lipinski definition) is 2. The zero-order valence-corrected chi connectivity index (χ0v) is 15.1. The Morgan fingerprint density at radius 3 is 2.58 bits per heavy atom. The minimum atomic E-state index is 0.104. The van der Waals surface area contributed by atoms with Gasteiger partial charge in [0, 0.05) is 30.7 Å². The monoisotopic (exact) mass is 340 g/mol. The molecule has 0 unspecified atom stereocenters. The zero-order valence-electron chi connectivity index (χ0n) is 14.3. The predicted molar refractivity (Wildman–Crippen MR) is 99.7 cm³/mol. The third-order valence-electron chi connectivity index (χ3n) is 5.57. The van der Waals surface area contributed by atoms with Gasteiger partial charge in [0.05, 0.1) is 17.8 Å². The topological polar surface area (TPSA) is 33.1 Å². The Balaban J connectivity index is 1.79. The second kappa shape index (κ2) is 6.20. The summed E-state index contributed by atoms with van der Waals surface area (Å²) in [5.74, 6) is 0. The predicted octanol–water partition coefficient (Wildman–Crippen LogP) is 3.64. The first-order valence-corrected chi connectivity index (χ1v) is 9.19. The maximum Gasteiger partial charge on any atom is 0.170 e. The highest BCUT2D eigenvalue weighted by atomic mass is 32.1. The van der Waals surface area contributed by atoms with Gasteiger partial charge in [0.2, 0.25) is 0 Å². The van der Waals surface area contributed by atoms with Crippen molar-refractivity contribution in [3.05, 3.63) is 53.6 Å². The summed E-state index contributed by atoms with van der Waals surface area (Å²) in [5, 5.41) is 4.44. The molecule has 1 saturated heterocycles. The van der Waals surface area contributed by atoms with Gasteiger partial charge in [-0.3, -0.25) is 4.98 Å². The second-order valence-electron chi connectivity index (χ2n) is 6.93. The number of hydrogen-bond donors (Lipinski definition) is 1. The molecule has 126 valence electrons. The average Bonchev–Trinajstić information content (AvgIpc) is 3.29. The smallest absolute Gasteiger partial charge is 0.170 e. The van der Waals surface area contributed by atoms with Gasteiger partial charge in [0.25, 0.3) is 0 Å². The number of aromatic nitrogens is 2. The number of thiocarbonyl (C=S) groups is 1. The van der Waals surface area contributed by atoms with E-state index in [4.69, 9.17) is 12.2 Å². The fraction of sp³-hybridized carbons (Fsp3) is 0.474. The molecule has 0 bridgehead atoms. The van der Waals surface area contributed by atoms with E-state index in [0.29, 0.717) is 6.04 Å². The molecule has 2 aromatic heterocycles. The summed E-state index contributed by atoms with van der Waals surface area (Å²) in [6, 6.07) is 11.4. The number of rotatable bonds is 3. The number of nitrogens with zero attached hydrogens (tertiary/aromatic N) is 3. The highest BCUT2D eigenvalue weighted by molar-refractivity contribution is 7.80. The van der Waals surface area contributed by atoms with Gasteiger partial charge in [-0.1, -0.05) is 18.9 Å². The first-order chi connectivity index (χ1) is 11.7. The molecule has 0 amide bonds. The molecule has 5 heteroatoms. The highest BCUT2D eigenvalue weighted by Gasteiger charge is 2.44. The van der Waals surface area contributed by atoms with Gasteiger partial charge >= 0.3 is 0 Å². The van der Waals surface area contributed by atoms with Crippen LogP contribution in [0.15, 0.2) is 36.5 Å². The third-order valence-corrected chi connectivity index (χ3v) is 5.90. The van der Waals surface area contributed by atoms with Gasteiger partial charge in [-0.15, -0.1) is 0 Å². The average molecular weight is 340 g/mol. The Kier molecular flexibility index (Phi) is 4.04. The lowest BCUT2D eigenvalue weighted by atomic mass is 10.00. The zero-order chi connectivity index (χ0) is 16.7. The Bertz CT molecular complexity index is 733. The van der Waals surface area contributed by atoms with Crippen LogP contribution in [0.2, 0.25) is 0 Å². The molecule has 3 heterocycles. The van der Waals surface area contributed by atoms with Crippen molar-refractivity contribution < 1.29 is 0 Å². The Hall–Kier alpha value is -1.88. The number of aryl methyl sites for hydroxylation is 1. The van der Waals surface area contributed by atoms with Crippen molar-refractivity contribution >= 4 is 17.3 Å². The Morgan fingerprint density at radius 1 is 1.17 bits per heavy atom. The quantitative estimate of drug-likeness (QED) is 0.865. The number of nitrogens with one attached hydrogen (secondary N) is 1. The van der Waals surface area contributed by atoms with Crippen molar-refractivity contribution in [1.29, 1.82) is 0 Å². The minimum Gasteiger partial charge on any atom is -0.352 e. The molecule has 2 aliphatic rings. The van der Waals surface area contributed by atoms with Gasteiger partial charge in [-0.2, -0.15) is 0 Å². The van der Waals surface area contributed by atoms with Crippen LogP contribution in [0, 0.1) is 6.92 Å². The molecule has 0 radical (unpaired) electrons. The summed E-state index contributed by atoms with van der Waals surface area (Å²) in [7, 11) is 2.15. The van der Waals surface area contributed by atoms with E-state index >= 15 is 0 Å². The molecule has 2 aromatic rings. The number of pyridine rings is 1. The normalized spacial score (nSPS) is 24.6. The molecule has 2 atom stereocenters. The second-order valence-corrected chi connectivity index (χ2v) is 7.32. The molecule has 0 aromatic carbocycles. The van der Waals surface area contributed by atoms with E-state index in [1.807, 2.05) is 12.3 Å². The van der Waals surface area contributed by atoms with E-state index in [0.717, 1.165) is 10.8 Å². The van der Waals surface area contributed by atoms with Crippen LogP contribution in [0.5, 0.6) is 0 Å². The summed E-state index contributed by atoms with van der Waals surface area (Å²) in [5.41, 5.74) is 3.64. The van der Waals surface area contributed by atoms with E-state index in [9.17, 15) is 0 Å². The Labute approximate surface area is 148 Å². The van der Waals surface area contributed by atoms with Crippen molar-refractivity contribution in [3.8, 4) is 0 Å². The van der Waals surface area contributed by atoms with E-state index in [-0.39, 0.29) is 12.1 Å². The lowest BCUT2D eigenvalue weighted by Crippen LogP contribution is -2.38. The maximum absolute atomic E-state index is 5.76. The van der Waals surface area contributed by atoms with Gasteiger partial charge in [-0.05, 0) is 56.2 Å². The summed E-state index contributed by atoms with van der Waals surface area (Å²) < 4.78 is 2.29. The van der Waals surface area contributed by atoms with E-state index < -0.39 is 0 Å². The van der Waals surface area contributed by atoms with Crippen molar-refractivity contribution in [2.75, 3.05) is 0 Å². The van der Waals surface area contributed by atoms with Gasteiger partial charge in [0.1, 0.15) is 0 Å². The van der Waals surface area contributed by atoms with Crippen LogP contribution in [0.1, 0.15) is 54.8 Å². The lowest BCUT2D eigenvalue weighted by molar-refractivity contribution is 0.238. The molecule has 1 saturated carbocycles. The molecule has 4 nitrogen and oxygen atoms in total. The fourth-order valence-electron chi connectivity index (χ4n) is 4.19. The van der Waals surface area contributed by atoms with Crippen LogP contribution in [0.3, 0.4) is 0 Å². The summed E-state index contributed by atoms with van der Waals surface area (Å²) in [4.78, 5) is 7.07. The molecule has 1 N–H and O–H groups in total. The molecule has 4 rings (SSSR count). The van der Waals surface area contributed by atoms with E-state index in [1.54, 1.807) is 0 Å². The third kappa shape index (κ3) is 2.51. The van der Waals surface area contributed by atoms with Gasteiger partial charge in [-0.25, -0.2) is 0 Å². The van der Waals surface area contributed by atoms with Crippen LogP contribution in [0.4, 0.5) is 0 Å². The van der Waals surface area contributed by atoms with Crippen molar-refractivity contribution in [1.82, 2.24) is 19.8 Å². The molecule has 2 fully saturated rings. The van der Waals surface area contributed by atoms with Crippen LogP contribution in [0.25, 0.3) is 0 Å². The Morgan fingerprint density at radius 2 is 1.96 bits per heavy atom. The first-order valence-electron chi connectivity index (χ1n) is 8.79. The molecule has 1 aliphatic carbocycles. The van der Waals surface area contributed by atoms with Crippen LogP contribution in [-0.4, -0.2) is 25.6 Å². The van der Waals surface area contributed by atoms with Gasteiger partial charge in [0.15, 0.2) is 5.11 Å². The van der Waals surface area contributed by atoms with E-state index in [1.165, 1.54) is 37.1 Å². The summed E-state index contributed by atoms with van der Waals surface area (Å²) in [6.45, 7) is 2.15. The maximum atomic E-state index is 5.76. The molecule has 0 spiro atoms. The van der Waals surface area contributed by atoms with Crippen LogP contribution in [-0.2, 0) is 7.05 Å². The summed E-state index contributed by atoms with van der Waals surface area (Å²) >= 11 is 5.76. The van der Waals surface area contributed by atoms with Crippen LogP contribution >= 0.6 is 12.2 Å². The largest absolute Gasteiger partial charge is 0.352 e. The first kappa shape index (κ1) is 15.6. The van der Waals surface area contributed by atoms with Gasteiger partial charge < -0.3 is 14.8 Å². The standard InChI is InChI=1S/C19H24N4S/c1-13-10-11-16(22(13)2)18-17(15-9-5-6-12-20-15)21-19(24)23(18)14-7-3-4-8-14/h5-6,9-12,14,17-18H,3-4,7-8H2,1-2H3,(H,21,24)/t17-,18+/m0/s1. The van der Waals surface area contributed by atoms with Crippen molar-refractivity contribution in [2.45, 2.75) is 50.7 Å². The van der Waals surface area contributed by atoms with Crippen molar-refractivity contribution in [3.63, 3.8) is 0 Å². The van der Waals surface area contributed by atoms with Crippen LogP contribution < -0.4 is 5.32 Å². The van der Waals surface area contributed by atoms with E-state index in [2.05, 4.69) is 58.0 Å². The molecule has 24 heavy (non-hydrogen) atoms. The lowest BCUT2D eigenvalue weighted by Gasteiger charge is -2.33.